The molecule has 7 heteroatoms. The zero-order valence-corrected chi connectivity index (χ0v) is 12.1. The molecule has 1 aliphatic heterocycles. The standard InChI is InChI=1S/C16H18O7/c17-7-12-13(19)14(20)15(21)16(23-12)22-11-6-9-4-2-1-3-8(9)5-10(11)18/h1-6,12-21H,7H2. The SMILES string of the molecule is OCC1OC(Oc2cc3ccccc3cc2O)C(O)C(O)C1O. The largest absolute Gasteiger partial charge is 0.504 e. The van der Waals surface area contributed by atoms with Crippen molar-refractivity contribution in [3.8, 4) is 11.5 Å². The van der Waals surface area contributed by atoms with Crippen molar-refractivity contribution in [1.82, 2.24) is 0 Å². The Morgan fingerprint density at radius 1 is 0.957 bits per heavy atom. The average molecular weight is 322 g/mol. The monoisotopic (exact) mass is 322 g/mol. The Bertz CT molecular complexity index is 687. The lowest BCUT2D eigenvalue weighted by atomic mass is 9.99. The highest BCUT2D eigenvalue weighted by atomic mass is 16.7. The molecule has 5 atom stereocenters. The molecule has 0 saturated carbocycles. The summed E-state index contributed by atoms with van der Waals surface area (Å²) in [6.45, 7) is -0.547. The number of fused-ring (bicyclic) bond motifs is 1. The van der Waals surface area contributed by atoms with Gasteiger partial charge in [0.15, 0.2) is 11.5 Å². The van der Waals surface area contributed by atoms with E-state index in [0.717, 1.165) is 10.8 Å². The molecule has 0 spiro atoms. The van der Waals surface area contributed by atoms with Crippen LogP contribution in [0.4, 0.5) is 0 Å². The van der Waals surface area contributed by atoms with Crippen molar-refractivity contribution in [2.24, 2.45) is 0 Å². The van der Waals surface area contributed by atoms with Gasteiger partial charge in [0.05, 0.1) is 6.61 Å². The van der Waals surface area contributed by atoms with Crippen molar-refractivity contribution in [3.05, 3.63) is 36.4 Å². The lowest BCUT2D eigenvalue weighted by molar-refractivity contribution is -0.277. The number of rotatable bonds is 3. The zero-order chi connectivity index (χ0) is 16.6. The Hall–Kier alpha value is -1.90. The second-order valence-electron chi connectivity index (χ2n) is 5.48. The molecule has 1 saturated heterocycles. The Balaban J connectivity index is 1.87. The highest BCUT2D eigenvalue weighted by molar-refractivity contribution is 5.85. The van der Waals surface area contributed by atoms with Gasteiger partial charge in [0, 0.05) is 0 Å². The molecule has 1 heterocycles. The Morgan fingerprint density at radius 3 is 2.26 bits per heavy atom. The van der Waals surface area contributed by atoms with E-state index >= 15 is 0 Å². The first-order valence-corrected chi connectivity index (χ1v) is 7.20. The summed E-state index contributed by atoms with van der Waals surface area (Å²) in [6, 6.07) is 10.4. The molecule has 5 N–H and O–H groups in total. The van der Waals surface area contributed by atoms with E-state index in [2.05, 4.69) is 0 Å². The normalized spacial score (nSPS) is 31.2. The molecule has 3 rings (SSSR count). The van der Waals surface area contributed by atoms with Gasteiger partial charge in [-0.05, 0) is 22.9 Å². The molecule has 2 aromatic rings. The minimum absolute atomic E-state index is 0.0630. The lowest BCUT2D eigenvalue weighted by Crippen LogP contribution is -2.60. The van der Waals surface area contributed by atoms with Crippen molar-refractivity contribution in [1.29, 1.82) is 0 Å². The smallest absolute Gasteiger partial charge is 0.229 e. The first kappa shape index (κ1) is 16.0. The van der Waals surface area contributed by atoms with E-state index in [1.807, 2.05) is 24.3 Å². The fourth-order valence-corrected chi connectivity index (χ4v) is 2.59. The molecule has 0 aliphatic carbocycles. The number of phenolic OH excluding ortho intramolecular Hbond substituents is 1. The Labute approximate surface area is 131 Å². The predicted octanol–water partition coefficient (Wildman–Crippen LogP) is -0.276. The van der Waals surface area contributed by atoms with Crippen LogP contribution >= 0.6 is 0 Å². The summed E-state index contributed by atoms with van der Waals surface area (Å²) >= 11 is 0. The number of benzene rings is 2. The summed E-state index contributed by atoms with van der Waals surface area (Å²) in [4.78, 5) is 0. The van der Waals surface area contributed by atoms with Crippen LogP contribution in [0.2, 0.25) is 0 Å². The molecular weight excluding hydrogens is 304 g/mol. The van der Waals surface area contributed by atoms with Crippen molar-refractivity contribution in [3.63, 3.8) is 0 Å². The zero-order valence-electron chi connectivity index (χ0n) is 12.1. The summed E-state index contributed by atoms with van der Waals surface area (Å²) in [5.74, 6) is -0.0892. The van der Waals surface area contributed by atoms with Gasteiger partial charge in [-0.1, -0.05) is 24.3 Å². The summed E-state index contributed by atoms with van der Waals surface area (Å²) in [7, 11) is 0. The number of hydrogen-bond acceptors (Lipinski definition) is 7. The van der Waals surface area contributed by atoms with Crippen LogP contribution in [-0.2, 0) is 4.74 Å². The van der Waals surface area contributed by atoms with Crippen LogP contribution in [0.5, 0.6) is 11.5 Å². The molecule has 0 amide bonds. The second-order valence-corrected chi connectivity index (χ2v) is 5.48. The summed E-state index contributed by atoms with van der Waals surface area (Å²) < 4.78 is 10.7. The molecule has 0 radical (unpaired) electrons. The van der Waals surface area contributed by atoms with Crippen molar-refractivity contribution in [2.75, 3.05) is 6.61 Å². The second kappa shape index (κ2) is 6.31. The highest BCUT2D eigenvalue weighted by Gasteiger charge is 2.44. The van der Waals surface area contributed by atoms with Gasteiger partial charge in [-0.3, -0.25) is 0 Å². The molecule has 0 bridgehead atoms. The van der Waals surface area contributed by atoms with Gasteiger partial charge < -0.3 is 35.0 Å². The van der Waals surface area contributed by atoms with Gasteiger partial charge in [-0.15, -0.1) is 0 Å². The quantitative estimate of drug-likeness (QED) is 0.527. The topological polar surface area (TPSA) is 120 Å². The van der Waals surface area contributed by atoms with E-state index < -0.39 is 37.3 Å². The number of aromatic hydroxyl groups is 1. The Kier molecular flexibility index (Phi) is 4.38. The van der Waals surface area contributed by atoms with Crippen molar-refractivity contribution >= 4 is 10.8 Å². The van der Waals surface area contributed by atoms with E-state index in [1.54, 1.807) is 6.07 Å². The van der Waals surface area contributed by atoms with E-state index in [-0.39, 0.29) is 11.5 Å². The molecule has 23 heavy (non-hydrogen) atoms. The first-order valence-electron chi connectivity index (χ1n) is 7.20. The third-order valence-corrected chi connectivity index (χ3v) is 3.92. The van der Waals surface area contributed by atoms with E-state index in [9.17, 15) is 20.4 Å². The van der Waals surface area contributed by atoms with Gasteiger partial charge in [-0.2, -0.15) is 0 Å². The van der Waals surface area contributed by atoms with Gasteiger partial charge in [0.2, 0.25) is 6.29 Å². The number of ether oxygens (including phenoxy) is 2. The fraction of sp³-hybridized carbons (Fsp3) is 0.375. The molecule has 0 aromatic heterocycles. The van der Waals surface area contributed by atoms with E-state index in [0.29, 0.717) is 0 Å². The fourth-order valence-electron chi connectivity index (χ4n) is 2.59. The maximum Gasteiger partial charge on any atom is 0.229 e. The van der Waals surface area contributed by atoms with Crippen LogP contribution in [0, 0.1) is 0 Å². The van der Waals surface area contributed by atoms with Gasteiger partial charge in [0.25, 0.3) is 0 Å². The third-order valence-electron chi connectivity index (χ3n) is 3.92. The lowest BCUT2D eigenvalue weighted by Gasteiger charge is -2.39. The molecular formula is C16H18O7. The minimum Gasteiger partial charge on any atom is -0.504 e. The number of aliphatic hydroxyl groups excluding tert-OH is 4. The summed E-state index contributed by atoms with van der Waals surface area (Å²) in [6.07, 6.45) is -6.93. The van der Waals surface area contributed by atoms with Crippen molar-refractivity contribution < 1.29 is 35.0 Å². The van der Waals surface area contributed by atoms with Crippen molar-refractivity contribution in [2.45, 2.75) is 30.7 Å². The summed E-state index contributed by atoms with van der Waals surface area (Å²) in [5, 5.41) is 50.3. The number of hydrogen-bond donors (Lipinski definition) is 5. The van der Waals surface area contributed by atoms with Crippen LogP contribution in [-0.4, -0.2) is 62.8 Å². The molecule has 2 aromatic carbocycles. The maximum absolute atomic E-state index is 10.0. The van der Waals surface area contributed by atoms with E-state index in [1.165, 1.54) is 6.07 Å². The third kappa shape index (κ3) is 2.97. The number of aliphatic hydroxyl groups is 4. The molecule has 5 unspecified atom stereocenters. The van der Waals surface area contributed by atoms with Crippen LogP contribution in [0.25, 0.3) is 10.8 Å². The molecule has 1 fully saturated rings. The van der Waals surface area contributed by atoms with Gasteiger partial charge in [0.1, 0.15) is 24.4 Å². The van der Waals surface area contributed by atoms with Crippen LogP contribution in [0.3, 0.4) is 0 Å². The van der Waals surface area contributed by atoms with Gasteiger partial charge >= 0.3 is 0 Å². The van der Waals surface area contributed by atoms with Crippen LogP contribution in [0.1, 0.15) is 0 Å². The van der Waals surface area contributed by atoms with Gasteiger partial charge in [-0.25, -0.2) is 0 Å². The molecule has 124 valence electrons. The average Bonchev–Trinajstić information content (AvgIpc) is 2.56. The Morgan fingerprint density at radius 2 is 1.61 bits per heavy atom. The number of phenols is 1. The summed E-state index contributed by atoms with van der Waals surface area (Å²) in [5.41, 5.74) is 0. The van der Waals surface area contributed by atoms with Crippen LogP contribution < -0.4 is 4.74 Å². The molecule has 7 nitrogen and oxygen atoms in total. The predicted molar refractivity (Wildman–Crippen MR) is 80.0 cm³/mol. The highest BCUT2D eigenvalue weighted by Crippen LogP contribution is 2.34. The van der Waals surface area contributed by atoms with Crippen LogP contribution in [0.15, 0.2) is 36.4 Å². The van der Waals surface area contributed by atoms with E-state index in [4.69, 9.17) is 14.6 Å². The first-order chi connectivity index (χ1) is 11.0. The minimum atomic E-state index is -1.53. The molecule has 1 aliphatic rings. The maximum atomic E-state index is 10.0.